The summed E-state index contributed by atoms with van der Waals surface area (Å²) in [6, 6.07) is 0.215. The lowest BCUT2D eigenvalue weighted by molar-refractivity contribution is 0.0515. The van der Waals surface area contributed by atoms with Gasteiger partial charge in [0, 0.05) is 25.2 Å². The number of carbonyl (C=O) groups is 1. The second-order valence-corrected chi connectivity index (χ2v) is 3.61. The largest absolute Gasteiger partial charge is 0.465 e. The van der Waals surface area contributed by atoms with Crippen molar-refractivity contribution >= 4 is 6.09 Å². The van der Waals surface area contributed by atoms with Gasteiger partial charge in [-0.15, -0.1) is 0 Å². The Kier molecular flexibility index (Phi) is 2.57. The highest BCUT2D eigenvalue weighted by molar-refractivity contribution is 5.66. The van der Waals surface area contributed by atoms with Gasteiger partial charge in [0.15, 0.2) is 0 Å². The van der Waals surface area contributed by atoms with Gasteiger partial charge in [-0.3, -0.25) is 0 Å². The number of hydrogen-bond acceptors (Lipinski definition) is 2. The van der Waals surface area contributed by atoms with Crippen LogP contribution in [-0.2, 0) is 0 Å². The molecule has 4 nitrogen and oxygen atoms in total. The highest BCUT2D eigenvalue weighted by atomic mass is 16.4. The van der Waals surface area contributed by atoms with E-state index in [1.807, 2.05) is 20.9 Å². The molecule has 1 saturated heterocycles. The van der Waals surface area contributed by atoms with Crippen LogP contribution in [0.5, 0.6) is 0 Å². The third-order valence-electron chi connectivity index (χ3n) is 2.32. The summed E-state index contributed by atoms with van der Waals surface area (Å²) in [6.07, 6.45) is -0.803. The van der Waals surface area contributed by atoms with E-state index >= 15 is 0 Å². The molecule has 1 amide bonds. The summed E-state index contributed by atoms with van der Waals surface area (Å²) in [5.41, 5.74) is 0. The third-order valence-corrected chi connectivity index (χ3v) is 2.32. The highest BCUT2D eigenvalue weighted by Gasteiger charge is 2.30. The van der Waals surface area contributed by atoms with E-state index in [0.29, 0.717) is 0 Å². The molecule has 1 aliphatic rings. The second kappa shape index (κ2) is 3.31. The minimum absolute atomic E-state index is 0.108. The number of carboxylic acid groups (broad SMARTS) is 1. The predicted molar refractivity (Wildman–Crippen MR) is 46.3 cm³/mol. The molecule has 0 aromatic carbocycles. The first-order valence-electron chi connectivity index (χ1n) is 4.22. The Labute approximate surface area is 72.8 Å². The molecular weight excluding hydrogens is 156 g/mol. The van der Waals surface area contributed by atoms with Crippen molar-refractivity contribution in [3.05, 3.63) is 0 Å². The van der Waals surface area contributed by atoms with Gasteiger partial charge in [0.25, 0.3) is 0 Å². The molecule has 0 aromatic rings. The fraction of sp³-hybridized carbons (Fsp3) is 0.875. The molecule has 0 unspecified atom stereocenters. The lowest BCUT2D eigenvalue weighted by Gasteiger charge is -2.41. The summed E-state index contributed by atoms with van der Waals surface area (Å²) in [5, 5.41) is 8.87. The maximum Gasteiger partial charge on any atom is 0.407 e. The molecule has 1 fully saturated rings. The SMILES string of the molecule is C[C@H]1CN(C)C[C@H](C)N1C(=O)O. The number of piperazine rings is 1. The van der Waals surface area contributed by atoms with Gasteiger partial charge < -0.3 is 14.9 Å². The smallest absolute Gasteiger partial charge is 0.407 e. The Morgan fingerprint density at radius 2 is 1.75 bits per heavy atom. The summed E-state index contributed by atoms with van der Waals surface area (Å²) in [6.45, 7) is 5.55. The number of nitrogens with zero attached hydrogens (tertiary/aromatic N) is 2. The van der Waals surface area contributed by atoms with Crippen molar-refractivity contribution in [1.82, 2.24) is 9.80 Å². The quantitative estimate of drug-likeness (QED) is 0.584. The second-order valence-electron chi connectivity index (χ2n) is 3.61. The summed E-state index contributed by atoms with van der Waals surface area (Å²) in [7, 11) is 2.02. The van der Waals surface area contributed by atoms with Crippen LogP contribution in [0.15, 0.2) is 0 Å². The van der Waals surface area contributed by atoms with Crippen LogP contribution >= 0.6 is 0 Å². The van der Waals surface area contributed by atoms with Crippen molar-refractivity contribution in [3.8, 4) is 0 Å². The lowest BCUT2D eigenvalue weighted by Crippen LogP contribution is -2.57. The minimum atomic E-state index is -0.803. The van der Waals surface area contributed by atoms with Crippen LogP contribution in [0, 0.1) is 0 Å². The summed E-state index contributed by atoms with van der Waals surface area (Å²) < 4.78 is 0. The Morgan fingerprint density at radius 1 is 1.33 bits per heavy atom. The predicted octanol–water partition coefficient (Wildman–Crippen LogP) is 0.689. The van der Waals surface area contributed by atoms with Gasteiger partial charge in [0.1, 0.15) is 0 Å². The Hall–Kier alpha value is -0.770. The van der Waals surface area contributed by atoms with E-state index in [1.54, 1.807) is 0 Å². The van der Waals surface area contributed by atoms with Crippen molar-refractivity contribution in [2.45, 2.75) is 25.9 Å². The van der Waals surface area contributed by atoms with E-state index in [1.165, 1.54) is 4.90 Å². The summed E-state index contributed by atoms with van der Waals surface area (Å²) in [4.78, 5) is 14.5. The van der Waals surface area contributed by atoms with E-state index in [0.717, 1.165) is 13.1 Å². The summed E-state index contributed by atoms with van der Waals surface area (Å²) in [5.74, 6) is 0. The van der Waals surface area contributed by atoms with Crippen LogP contribution in [0.3, 0.4) is 0 Å². The molecule has 12 heavy (non-hydrogen) atoms. The van der Waals surface area contributed by atoms with Crippen LogP contribution in [0.25, 0.3) is 0 Å². The molecule has 1 N–H and O–H groups in total. The van der Waals surface area contributed by atoms with Crippen molar-refractivity contribution in [2.24, 2.45) is 0 Å². The first kappa shape index (κ1) is 9.32. The molecule has 0 bridgehead atoms. The topological polar surface area (TPSA) is 43.8 Å². The maximum atomic E-state index is 10.8. The molecule has 0 aliphatic carbocycles. The van der Waals surface area contributed by atoms with Crippen molar-refractivity contribution < 1.29 is 9.90 Å². The Morgan fingerprint density at radius 3 is 2.08 bits per heavy atom. The van der Waals surface area contributed by atoms with Gasteiger partial charge in [-0.2, -0.15) is 0 Å². The minimum Gasteiger partial charge on any atom is -0.465 e. The highest BCUT2D eigenvalue weighted by Crippen LogP contribution is 2.13. The molecule has 1 rings (SSSR count). The van der Waals surface area contributed by atoms with Crippen LogP contribution in [0.1, 0.15) is 13.8 Å². The van der Waals surface area contributed by atoms with Crippen molar-refractivity contribution in [2.75, 3.05) is 20.1 Å². The van der Waals surface area contributed by atoms with Crippen LogP contribution in [0.2, 0.25) is 0 Å². The van der Waals surface area contributed by atoms with Gasteiger partial charge in [-0.1, -0.05) is 0 Å². The van der Waals surface area contributed by atoms with Gasteiger partial charge in [-0.25, -0.2) is 4.79 Å². The number of likely N-dealkylation sites (N-methyl/N-ethyl adjacent to an activating group) is 1. The lowest BCUT2D eigenvalue weighted by atomic mass is 10.1. The van der Waals surface area contributed by atoms with E-state index in [-0.39, 0.29) is 12.1 Å². The number of amides is 1. The third kappa shape index (κ3) is 1.69. The summed E-state index contributed by atoms with van der Waals surface area (Å²) >= 11 is 0. The van der Waals surface area contributed by atoms with Gasteiger partial charge in [0.05, 0.1) is 0 Å². The first-order chi connectivity index (χ1) is 5.52. The standard InChI is InChI=1S/C8H16N2O2/c1-6-4-9(3)5-7(2)10(6)8(11)12/h6-7H,4-5H2,1-3H3,(H,11,12)/t6-,7-/m0/s1. The Bertz CT molecular complexity index is 172. The molecule has 0 saturated carbocycles. The molecular formula is C8H16N2O2. The van der Waals surface area contributed by atoms with Gasteiger partial charge >= 0.3 is 6.09 Å². The van der Waals surface area contributed by atoms with Crippen LogP contribution < -0.4 is 0 Å². The van der Waals surface area contributed by atoms with Crippen LogP contribution in [0.4, 0.5) is 4.79 Å². The van der Waals surface area contributed by atoms with E-state index in [9.17, 15) is 4.79 Å². The molecule has 0 aromatic heterocycles. The monoisotopic (exact) mass is 172 g/mol. The van der Waals surface area contributed by atoms with E-state index in [4.69, 9.17) is 5.11 Å². The number of hydrogen-bond donors (Lipinski definition) is 1. The van der Waals surface area contributed by atoms with Crippen molar-refractivity contribution in [3.63, 3.8) is 0 Å². The van der Waals surface area contributed by atoms with Crippen LogP contribution in [-0.4, -0.2) is 53.2 Å². The molecule has 0 radical (unpaired) electrons. The average Bonchev–Trinajstić information content (AvgIpc) is 1.82. The molecule has 0 spiro atoms. The Balaban J connectivity index is 2.66. The average molecular weight is 172 g/mol. The molecule has 70 valence electrons. The van der Waals surface area contributed by atoms with Crippen molar-refractivity contribution in [1.29, 1.82) is 0 Å². The molecule has 1 aliphatic heterocycles. The maximum absolute atomic E-state index is 10.8. The fourth-order valence-electron chi connectivity index (χ4n) is 1.96. The molecule has 1 heterocycles. The van der Waals surface area contributed by atoms with E-state index < -0.39 is 6.09 Å². The van der Waals surface area contributed by atoms with Gasteiger partial charge in [-0.05, 0) is 20.9 Å². The molecule has 2 atom stereocenters. The normalized spacial score (nSPS) is 32.1. The zero-order valence-corrected chi connectivity index (χ0v) is 7.82. The van der Waals surface area contributed by atoms with E-state index in [2.05, 4.69) is 4.90 Å². The zero-order chi connectivity index (χ0) is 9.30. The first-order valence-corrected chi connectivity index (χ1v) is 4.22. The molecule has 4 heteroatoms. The number of rotatable bonds is 0. The fourth-order valence-corrected chi connectivity index (χ4v) is 1.96. The zero-order valence-electron chi connectivity index (χ0n) is 7.82. The van der Waals surface area contributed by atoms with Gasteiger partial charge in [0.2, 0.25) is 0 Å².